The van der Waals surface area contributed by atoms with E-state index in [0.717, 1.165) is 24.8 Å². The molecule has 0 heterocycles. The summed E-state index contributed by atoms with van der Waals surface area (Å²) in [7, 11) is 0. The van der Waals surface area contributed by atoms with Crippen molar-refractivity contribution in [1.82, 2.24) is 0 Å². The molecular formula is C14H19NO2S. The van der Waals surface area contributed by atoms with Crippen LogP contribution in [0.1, 0.15) is 36.5 Å². The van der Waals surface area contributed by atoms with Crippen molar-refractivity contribution in [3.8, 4) is 0 Å². The van der Waals surface area contributed by atoms with Gasteiger partial charge in [0.25, 0.3) is 0 Å². The fourth-order valence-electron chi connectivity index (χ4n) is 2.32. The summed E-state index contributed by atoms with van der Waals surface area (Å²) in [5.41, 5.74) is 8.16. The molecule has 1 aliphatic rings. The van der Waals surface area contributed by atoms with Crippen molar-refractivity contribution in [2.24, 2.45) is 5.73 Å². The summed E-state index contributed by atoms with van der Waals surface area (Å²) in [6, 6.07) is 7.59. The van der Waals surface area contributed by atoms with Gasteiger partial charge < -0.3 is 10.5 Å². The van der Waals surface area contributed by atoms with Gasteiger partial charge in [-0.1, -0.05) is 24.3 Å². The Morgan fingerprint density at radius 2 is 2.28 bits per heavy atom. The van der Waals surface area contributed by atoms with Gasteiger partial charge in [-0.3, -0.25) is 4.79 Å². The van der Waals surface area contributed by atoms with Gasteiger partial charge >= 0.3 is 5.97 Å². The van der Waals surface area contributed by atoms with Gasteiger partial charge in [0.05, 0.1) is 0 Å². The third-order valence-corrected chi connectivity index (χ3v) is 3.57. The standard InChI is InChI=1S/C14H19NO2S/c15-12(8-9-18)14(16)17-13-7-3-5-10-4-1-2-6-11(10)13/h1-2,4,6,12-13,18H,3,5,7-9,15H2. The molecule has 2 N–H and O–H groups in total. The first-order valence-corrected chi connectivity index (χ1v) is 7.00. The number of nitrogens with two attached hydrogens (primary N) is 1. The maximum atomic E-state index is 11.8. The average molecular weight is 265 g/mol. The smallest absolute Gasteiger partial charge is 0.323 e. The highest BCUT2D eigenvalue weighted by atomic mass is 32.1. The Morgan fingerprint density at radius 3 is 3.06 bits per heavy atom. The summed E-state index contributed by atoms with van der Waals surface area (Å²) in [5.74, 6) is 0.281. The van der Waals surface area contributed by atoms with Crippen LogP contribution < -0.4 is 5.73 Å². The van der Waals surface area contributed by atoms with Crippen LogP contribution in [0.3, 0.4) is 0 Å². The van der Waals surface area contributed by atoms with Crippen molar-refractivity contribution in [3.05, 3.63) is 35.4 Å². The van der Waals surface area contributed by atoms with E-state index >= 15 is 0 Å². The Labute approximate surface area is 113 Å². The van der Waals surface area contributed by atoms with Crippen LogP contribution in [0.4, 0.5) is 0 Å². The third-order valence-electron chi connectivity index (χ3n) is 3.32. The first kappa shape index (κ1) is 13.4. The Hall–Kier alpha value is -1.00. The molecular weight excluding hydrogens is 246 g/mol. The number of carbonyl (C=O) groups excluding carboxylic acids is 1. The van der Waals surface area contributed by atoms with Crippen molar-refractivity contribution in [2.45, 2.75) is 37.8 Å². The zero-order valence-electron chi connectivity index (χ0n) is 10.3. The lowest BCUT2D eigenvalue weighted by atomic mass is 9.89. The molecule has 0 spiro atoms. The van der Waals surface area contributed by atoms with Crippen LogP contribution in [0.25, 0.3) is 0 Å². The van der Waals surface area contributed by atoms with Gasteiger partial charge in [0, 0.05) is 0 Å². The molecule has 1 aliphatic carbocycles. The van der Waals surface area contributed by atoms with E-state index in [0.29, 0.717) is 12.2 Å². The van der Waals surface area contributed by atoms with E-state index < -0.39 is 6.04 Å². The topological polar surface area (TPSA) is 52.3 Å². The molecule has 0 saturated carbocycles. The number of aryl methyl sites for hydroxylation is 1. The molecule has 4 heteroatoms. The maximum Gasteiger partial charge on any atom is 0.323 e. The summed E-state index contributed by atoms with van der Waals surface area (Å²) in [6.07, 6.45) is 3.42. The number of carbonyl (C=O) groups is 1. The molecule has 0 aromatic heterocycles. The fourth-order valence-corrected chi connectivity index (χ4v) is 2.59. The lowest BCUT2D eigenvalue weighted by molar-refractivity contribution is -0.151. The summed E-state index contributed by atoms with van der Waals surface area (Å²) in [4.78, 5) is 11.8. The van der Waals surface area contributed by atoms with Crippen molar-refractivity contribution in [2.75, 3.05) is 5.75 Å². The predicted octanol–water partition coefficient (Wildman–Crippen LogP) is 2.25. The zero-order valence-corrected chi connectivity index (χ0v) is 11.2. The van der Waals surface area contributed by atoms with Gasteiger partial charge in [-0.15, -0.1) is 0 Å². The average Bonchev–Trinajstić information content (AvgIpc) is 2.39. The highest BCUT2D eigenvalue weighted by Crippen LogP contribution is 2.32. The van der Waals surface area contributed by atoms with Crippen LogP contribution in [0.5, 0.6) is 0 Å². The molecule has 0 amide bonds. The Morgan fingerprint density at radius 1 is 1.50 bits per heavy atom. The normalized spacial score (nSPS) is 20.0. The van der Waals surface area contributed by atoms with Crippen molar-refractivity contribution in [1.29, 1.82) is 0 Å². The van der Waals surface area contributed by atoms with Crippen molar-refractivity contribution >= 4 is 18.6 Å². The highest BCUT2D eigenvalue weighted by Gasteiger charge is 2.25. The molecule has 3 nitrogen and oxygen atoms in total. The molecule has 0 fully saturated rings. The van der Waals surface area contributed by atoms with E-state index in [1.54, 1.807) is 0 Å². The van der Waals surface area contributed by atoms with Crippen LogP contribution in [0, 0.1) is 0 Å². The molecule has 18 heavy (non-hydrogen) atoms. The minimum atomic E-state index is -0.559. The van der Waals surface area contributed by atoms with Crippen LogP contribution in [-0.4, -0.2) is 17.8 Å². The van der Waals surface area contributed by atoms with Crippen LogP contribution in [0.2, 0.25) is 0 Å². The number of fused-ring (bicyclic) bond motifs is 1. The summed E-state index contributed by atoms with van der Waals surface area (Å²) < 4.78 is 5.53. The van der Waals surface area contributed by atoms with Gasteiger partial charge in [-0.2, -0.15) is 12.6 Å². The number of benzene rings is 1. The predicted molar refractivity (Wildman–Crippen MR) is 74.7 cm³/mol. The van der Waals surface area contributed by atoms with Gasteiger partial charge in [-0.05, 0) is 42.6 Å². The van der Waals surface area contributed by atoms with Crippen LogP contribution in [-0.2, 0) is 16.0 Å². The lowest BCUT2D eigenvalue weighted by Crippen LogP contribution is -2.34. The fraction of sp³-hybridized carbons (Fsp3) is 0.500. The van der Waals surface area contributed by atoms with E-state index in [-0.39, 0.29) is 12.1 Å². The molecule has 0 bridgehead atoms. The number of thiol groups is 1. The molecule has 2 unspecified atom stereocenters. The quantitative estimate of drug-likeness (QED) is 0.648. The van der Waals surface area contributed by atoms with Crippen molar-refractivity contribution in [3.63, 3.8) is 0 Å². The Bertz CT molecular complexity index is 422. The Balaban J connectivity index is 2.05. The van der Waals surface area contributed by atoms with E-state index in [4.69, 9.17) is 10.5 Å². The summed E-state index contributed by atoms with van der Waals surface area (Å²) in [6.45, 7) is 0. The first-order chi connectivity index (χ1) is 8.72. The molecule has 0 aliphatic heterocycles. The summed E-state index contributed by atoms with van der Waals surface area (Å²) in [5, 5.41) is 0. The summed E-state index contributed by atoms with van der Waals surface area (Å²) >= 11 is 4.08. The Kier molecular flexibility index (Phi) is 4.66. The van der Waals surface area contributed by atoms with Gasteiger partial charge in [-0.25, -0.2) is 0 Å². The molecule has 2 atom stereocenters. The molecule has 2 rings (SSSR count). The van der Waals surface area contributed by atoms with E-state index in [2.05, 4.69) is 18.7 Å². The minimum Gasteiger partial charge on any atom is -0.456 e. The minimum absolute atomic E-state index is 0.131. The van der Waals surface area contributed by atoms with Crippen molar-refractivity contribution < 1.29 is 9.53 Å². The largest absolute Gasteiger partial charge is 0.456 e. The van der Waals surface area contributed by atoms with Crippen LogP contribution >= 0.6 is 12.6 Å². The van der Waals surface area contributed by atoms with Gasteiger partial charge in [0.2, 0.25) is 0 Å². The lowest BCUT2D eigenvalue weighted by Gasteiger charge is -2.26. The SMILES string of the molecule is NC(CCS)C(=O)OC1CCCc2ccccc21. The third kappa shape index (κ3) is 3.06. The maximum absolute atomic E-state index is 11.8. The van der Waals surface area contributed by atoms with Gasteiger partial charge in [0.15, 0.2) is 0 Å². The zero-order chi connectivity index (χ0) is 13.0. The van der Waals surface area contributed by atoms with Gasteiger partial charge in [0.1, 0.15) is 12.1 Å². The highest BCUT2D eigenvalue weighted by molar-refractivity contribution is 7.80. The number of hydrogen-bond donors (Lipinski definition) is 2. The van der Waals surface area contributed by atoms with E-state index in [9.17, 15) is 4.79 Å². The molecule has 1 aromatic carbocycles. The molecule has 0 saturated heterocycles. The molecule has 98 valence electrons. The van der Waals surface area contributed by atoms with E-state index in [1.807, 2.05) is 18.2 Å². The second kappa shape index (κ2) is 6.25. The molecule has 1 aromatic rings. The second-order valence-electron chi connectivity index (χ2n) is 4.64. The number of hydrogen-bond acceptors (Lipinski definition) is 4. The number of ether oxygens (including phenoxy) is 1. The molecule has 0 radical (unpaired) electrons. The van der Waals surface area contributed by atoms with E-state index in [1.165, 1.54) is 5.56 Å². The number of rotatable bonds is 4. The monoisotopic (exact) mass is 265 g/mol. The number of esters is 1. The second-order valence-corrected chi connectivity index (χ2v) is 5.08. The van der Waals surface area contributed by atoms with Crippen LogP contribution in [0.15, 0.2) is 24.3 Å². The first-order valence-electron chi connectivity index (χ1n) is 6.37.